The summed E-state index contributed by atoms with van der Waals surface area (Å²) in [6.45, 7) is 0.0665. The molecule has 2 rings (SSSR count). The third kappa shape index (κ3) is 2.22. The standard InChI is InChI=1S/C12H14ClN3O2/c1-2-6-16-11(18)10(9(13)7-14-16)15-12(8-17)4-3-5-12/h1,7,15,17H,3-6,8H2. The summed E-state index contributed by atoms with van der Waals surface area (Å²) in [4.78, 5) is 12.1. The Morgan fingerprint density at radius 1 is 1.67 bits per heavy atom. The van der Waals surface area contributed by atoms with Crippen LogP contribution in [0.3, 0.4) is 0 Å². The van der Waals surface area contributed by atoms with Crippen molar-refractivity contribution in [2.24, 2.45) is 0 Å². The molecule has 0 bridgehead atoms. The minimum Gasteiger partial charge on any atom is -0.394 e. The first-order chi connectivity index (χ1) is 8.62. The molecule has 1 aromatic rings. The van der Waals surface area contributed by atoms with Gasteiger partial charge in [-0.3, -0.25) is 4.79 Å². The average Bonchev–Trinajstić information content (AvgIpc) is 2.31. The molecule has 2 N–H and O–H groups in total. The molecule has 0 radical (unpaired) electrons. The molecule has 0 aliphatic heterocycles. The zero-order valence-electron chi connectivity index (χ0n) is 9.82. The Bertz CT molecular complexity index is 538. The molecule has 5 nitrogen and oxygen atoms in total. The van der Waals surface area contributed by atoms with Crippen LogP contribution < -0.4 is 10.9 Å². The summed E-state index contributed by atoms with van der Waals surface area (Å²) in [5.74, 6) is 2.36. The van der Waals surface area contributed by atoms with Crippen molar-refractivity contribution in [3.63, 3.8) is 0 Å². The Hall–Kier alpha value is -1.51. The van der Waals surface area contributed by atoms with E-state index in [4.69, 9.17) is 18.0 Å². The van der Waals surface area contributed by atoms with Gasteiger partial charge in [0.1, 0.15) is 12.2 Å². The summed E-state index contributed by atoms with van der Waals surface area (Å²) >= 11 is 5.97. The van der Waals surface area contributed by atoms with Crippen molar-refractivity contribution in [3.05, 3.63) is 21.6 Å². The maximum absolute atomic E-state index is 12.1. The van der Waals surface area contributed by atoms with Crippen molar-refractivity contribution in [2.45, 2.75) is 31.3 Å². The summed E-state index contributed by atoms with van der Waals surface area (Å²) in [7, 11) is 0. The van der Waals surface area contributed by atoms with E-state index in [1.54, 1.807) is 0 Å². The molecular formula is C12H14ClN3O2. The van der Waals surface area contributed by atoms with E-state index in [0.29, 0.717) is 0 Å². The van der Waals surface area contributed by atoms with Gasteiger partial charge in [-0.25, -0.2) is 4.68 Å². The van der Waals surface area contributed by atoms with Gasteiger partial charge in [-0.1, -0.05) is 17.5 Å². The van der Waals surface area contributed by atoms with Gasteiger partial charge in [-0.2, -0.15) is 5.10 Å². The summed E-state index contributed by atoms with van der Waals surface area (Å²) in [6, 6.07) is 0. The van der Waals surface area contributed by atoms with Gasteiger partial charge in [0.05, 0.1) is 23.4 Å². The molecule has 1 aliphatic rings. The number of aliphatic hydroxyl groups is 1. The van der Waals surface area contributed by atoms with E-state index in [2.05, 4.69) is 16.3 Å². The largest absolute Gasteiger partial charge is 0.394 e. The highest BCUT2D eigenvalue weighted by molar-refractivity contribution is 6.33. The molecule has 18 heavy (non-hydrogen) atoms. The first-order valence-electron chi connectivity index (χ1n) is 5.70. The second-order valence-corrected chi connectivity index (χ2v) is 4.86. The fourth-order valence-corrected chi connectivity index (χ4v) is 2.14. The minimum absolute atomic E-state index is 0.0275. The highest BCUT2D eigenvalue weighted by atomic mass is 35.5. The van der Waals surface area contributed by atoms with Gasteiger partial charge >= 0.3 is 0 Å². The number of rotatable bonds is 4. The summed E-state index contributed by atoms with van der Waals surface area (Å²) in [5.41, 5.74) is -0.533. The van der Waals surface area contributed by atoms with Crippen molar-refractivity contribution in [3.8, 4) is 12.3 Å². The van der Waals surface area contributed by atoms with Crippen LogP contribution in [0.5, 0.6) is 0 Å². The molecule has 0 spiro atoms. The highest BCUT2D eigenvalue weighted by Gasteiger charge is 2.37. The number of aliphatic hydroxyl groups excluding tert-OH is 1. The van der Waals surface area contributed by atoms with Crippen LogP contribution in [-0.4, -0.2) is 27.0 Å². The van der Waals surface area contributed by atoms with Crippen LogP contribution >= 0.6 is 11.6 Å². The Morgan fingerprint density at radius 3 is 2.89 bits per heavy atom. The van der Waals surface area contributed by atoms with Crippen molar-refractivity contribution in [1.82, 2.24) is 9.78 Å². The molecule has 1 aliphatic carbocycles. The van der Waals surface area contributed by atoms with Crippen LogP contribution in [0.25, 0.3) is 0 Å². The molecule has 0 amide bonds. The maximum atomic E-state index is 12.1. The van der Waals surface area contributed by atoms with E-state index in [1.807, 2.05) is 0 Å². The molecule has 1 fully saturated rings. The number of nitrogens with one attached hydrogen (secondary N) is 1. The molecular weight excluding hydrogens is 254 g/mol. The fraction of sp³-hybridized carbons (Fsp3) is 0.500. The van der Waals surface area contributed by atoms with E-state index in [1.165, 1.54) is 6.20 Å². The molecule has 1 heterocycles. The third-order valence-corrected chi connectivity index (χ3v) is 3.53. The van der Waals surface area contributed by atoms with Crippen LogP contribution in [0.1, 0.15) is 19.3 Å². The first kappa shape index (κ1) is 12.9. The average molecular weight is 268 g/mol. The monoisotopic (exact) mass is 267 g/mol. The molecule has 96 valence electrons. The lowest BCUT2D eigenvalue weighted by atomic mass is 9.77. The van der Waals surface area contributed by atoms with Gasteiger partial charge in [0.25, 0.3) is 5.56 Å². The Balaban J connectivity index is 2.35. The second-order valence-electron chi connectivity index (χ2n) is 4.45. The molecule has 6 heteroatoms. The van der Waals surface area contributed by atoms with E-state index in [0.717, 1.165) is 23.9 Å². The zero-order chi connectivity index (χ0) is 13.2. The molecule has 1 saturated carbocycles. The number of anilines is 1. The van der Waals surface area contributed by atoms with Gasteiger partial charge in [-0.15, -0.1) is 6.42 Å². The SMILES string of the molecule is C#CCn1ncc(Cl)c(NC2(CO)CCC2)c1=O. The Labute approximate surface area is 110 Å². The van der Waals surface area contributed by atoms with Crippen LogP contribution in [0, 0.1) is 12.3 Å². The van der Waals surface area contributed by atoms with Crippen LogP contribution in [0.4, 0.5) is 5.69 Å². The van der Waals surface area contributed by atoms with Crippen molar-refractivity contribution < 1.29 is 5.11 Å². The quantitative estimate of drug-likeness (QED) is 0.794. The molecule has 0 aromatic carbocycles. The number of terminal acetylenes is 1. The van der Waals surface area contributed by atoms with Gasteiger partial charge < -0.3 is 10.4 Å². The minimum atomic E-state index is -0.432. The van der Waals surface area contributed by atoms with Gasteiger partial charge in [0.2, 0.25) is 0 Å². The number of hydrogen-bond donors (Lipinski definition) is 2. The number of aromatic nitrogens is 2. The lowest BCUT2D eigenvalue weighted by Gasteiger charge is -2.41. The van der Waals surface area contributed by atoms with Gasteiger partial charge in [0, 0.05) is 0 Å². The van der Waals surface area contributed by atoms with Crippen molar-refractivity contribution in [1.29, 1.82) is 0 Å². The van der Waals surface area contributed by atoms with Crippen molar-refractivity contribution >= 4 is 17.3 Å². The van der Waals surface area contributed by atoms with Crippen LogP contribution in [0.2, 0.25) is 5.02 Å². The van der Waals surface area contributed by atoms with E-state index in [-0.39, 0.29) is 29.4 Å². The summed E-state index contributed by atoms with van der Waals surface area (Å²) in [5, 5.41) is 16.5. The summed E-state index contributed by atoms with van der Waals surface area (Å²) in [6.07, 6.45) is 9.20. The predicted molar refractivity (Wildman–Crippen MR) is 69.6 cm³/mol. The second kappa shape index (κ2) is 5.01. The number of hydrogen-bond acceptors (Lipinski definition) is 4. The lowest BCUT2D eigenvalue weighted by Crippen LogP contribution is -2.49. The molecule has 0 saturated heterocycles. The van der Waals surface area contributed by atoms with E-state index < -0.39 is 5.54 Å². The van der Waals surface area contributed by atoms with Crippen LogP contribution in [-0.2, 0) is 6.54 Å². The lowest BCUT2D eigenvalue weighted by molar-refractivity contribution is 0.144. The third-order valence-electron chi connectivity index (χ3n) is 3.24. The topological polar surface area (TPSA) is 67.2 Å². The summed E-state index contributed by atoms with van der Waals surface area (Å²) < 4.78 is 1.16. The molecule has 0 atom stereocenters. The van der Waals surface area contributed by atoms with E-state index >= 15 is 0 Å². The molecule has 1 aromatic heterocycles. The zero-order valence-corrected chi connectivity index (χ0v) is 10.6. The smallest absolute Gasteiger partial charge is 0.292 e. The Morgan fingerprint density at radius 2 is 2.39 bits per heavy atom. The first-order valence-corrected chi connectivity index (χ1v) is 6.08. The maximum Gasteiger partial charge on any atom is 0.292 e. The van der Waals surface area contributed by atoms with Gasteiger partial charge in [0.15, 0.2) is 0 Å². The van der Waals surface area contributed by atoms with Crippen molar-refractivity contribution in [2.75, 3.05) is 11.9 Å². The van der Waals surface area contributed by atoms with Crippen LogP contribution in [0.15, 0.2) is 11.0 Å². The number of nitrogens with zero attached hydrogens (tertiary/aromatic N) is 2. The normalized spacial score (nSPS) is 16.7. The fourth-order valence-electron chi connectivity index (χ4n) is 1.97. The predicted octanol–water partition coefficient (Wildman–Crippen LogP) is 0.857. The highest BCUT2D eigenvalue weighted by Crippen LogP contribution is 2.35. The number of halogens is 1. The van der Waals surface area contributed by atoms with E-state index in [9.17, 15) is 9.90 Å². The Kier molecular flexibility index (Phi) is 3.60. The molecule has 0 unspecified atom stereocenters. The van der Waals surface area contributed by atoms with Gasteiger partial charge in [-0.05, 0) is 19.3 Å².